The Kier molecular flexibility index (Phi) is 7.80. The first-order valence-electron chi connectivity index (χ1n) is 11.1. The van der Waals surface area contributed by atoms with Crippen LogP contribution < -0.4 is 4.90 Å². The Labute approximate surface area is 208 Å². The van der Waals surface area contributed by atoms with Gasteiger partial charge in [0.1, 0.15) is 23.2 Å². The van der Waals surface area contributed by atoms with E-state index in [1.165, 1.54) is 14.0 Å². The maximum absolute atomic E-state index is 14.9. The number of likely N-dealkylation sites (N-methyl/N-ethyl adjacent to an activating group) is 1. The lowest BCUT2D eigenvalue weighted by Crippen LogP contribution is -2.41. The van der Waals surface area contributed by atoms with E-state index in [0.29, 0.717) is 17.1 Å². The molecule has 0 aliphatic heterocycles. The SMILES string of the molecule is CCN(c1cccc(-c2cc(F)c(C(=O)N(C)C(C)C(=O)O)c(F)c2)c1)c1cc(C)c(Cl)c(C)c1. The van der Waals surface area contributed by atoms with Crippen molar-refractivity contribution in [2.75, 3.05) is 18.5 Å². The molecule has 5 nitrogen and oxygen atoms in total. The van der Waals surface area contributed by atoms with E-state index in [1.807, 2.05) is 45.0 Å². The third kappa shape index (κ3) is 5.30. The van der Waals surface area contributed by atoms with Gasteiger partial charge >= 0.3 is 5.97 Å². The van der Waals surface area contributed by atoms with Gasteiger partial charge in [-0.15, -0.1) is 0 Å². The number of carbonyl (C=O) groups is 2. The molecule has 0 saturated heterocycles. The molecule has 0 aromatic heterocycles. The van der Waals surface area contributed by atoms with Crippen LogP contribution in [0, 0.1) is 25.5 Å². The molecule has 3 aromatic carbocycles. The maximum Gasteiger partial charge on any atom is 0.326 e. The zero-order valence-corrected chi connectivity index (χ0v) is 21.0. The Balaban J connectivity index is 2.00. The van der Waals surface area contributed by atoms with Crippen molar-refractivity contribution >= 4 is 34.9 Å². The van der Waals surface area contributed by atoms with E-state index in [-0.39, 0.29) is 5.56 Å². The molecular formula is C27H27ClF2N2O3. The number of carboxylic acid groups (broad SMARTS) is 1. The minimum Gasteiger partial charge on any atom is -0.480 e. The normalized spacial score (nSPS) is 11.8. The highest BCUT2D eigenvalue weighted by Crippen LogP contribution is 2.34. The van der Waals surface area contributed by atoms with Crippen LogP contribution in [0.1, 0.15) is 35.3 Å². The molecule has 1 unspecified atom stereocenters. The van der Waals surface area contributed by atoms with Gasteiger partial charge in [-0.25, -0.2) is 13.6 Å². The first-order chi connectivity index (χ1) is 16.5. The third-order valence-electron chi connectivity index (χ3n) is 6.05. The van der Waals surface area contributed by atoms with Crippen molar-refractivity contribution in [1.82, 2.24) is 4.90 Å². The standard InChI is InChI=1S/C27H27ClF2N2O3/c1-6-32(21-10-15(2)25(28)16(3)11-21)20-9-7-8-18(12-20)19-13-22(29)24(23(30)14-19)26(33)31(5)17(4)27(34)35/h7-14,17H,6H2,1-5H3,(H,34,35). The Morgan fingerprint density at radius 2 is 1.54 bits per heavy atom. The Morgan fingerprint density at radius 3 is 2.06 bits per heavy atom. The number of aryl methyl sites for hydroxylation is 2. The highest BCUT2D eigenvalue weighted by atomic mass is 35.5. The lowest BCUT2D eigenvalue weighted by Gasteiger charge is -2.25. The molecule has 1 amide bonds. The molecule has 0 aliphatic rings. The second-order valence-electron chi connectivity index (χ2n) is 8.43. The molecule has 0 fully saturated rings. The topological polar surface area (TPSA) is 60.9 Å². The number of halogens is 3. The molecule has 3 rings (SSSR count). The first kappa shape index (κ1) is 26.2. The number of carboxylic acids is 1. The van der Waals surface area contributed by atoms with Crippen LogP contribution in [0.3, 0.4) is 0 Å². The Hall–Kier alpha value is -3.45. The second-order valence-corrected chi connectivity index (χ2v) is 8.81. The quantitative estimate of drug-likeness (QED) is 0.397. The molecular weight excluding hydrogens is 474 g/mol. The van der Waals surface area contributed by atoms with Gasteiger partial charge in [-0.1, -0.05) is 23.7 Å². The maximum atomic E-state index is 14.9. The highest BCUT2D eigenvalue weighted by Gasteiger charge is 2.28. The smallest absolute Gasteiger partial charge is 0.326 e. The van der Waals surface area contributed by atoms with E-state index < -0.39 is 35.1 Å². The summed E-state index contributed by atoms with van der Waals surface area (Å²) in [6.45, 7) is 7.78. The minimum absolute atomic E-state index is 0.256. The van der Waals surface area contributed by atoms with Gasteiger partial charge in [-0.05, 0) is 86.3 Å². The number of hydrogen-bond donors (Lipinski definition) is 1. The van der Waals surface area contributed by atoms with Crippen molar-refractivity contribution in [3.63, 3.8) is 0 Å². The van der Waals surface area contributed by atoms with Crippen LogP contribution in [0.5, 0.6) is 0 Å². The molecule has 35 heavy (non-hydrogen) atoms. The summed E-state index contributed by atoms with van der Waals surface area (Å²) in [5, 5.41) is 9.82. The highest BCUT2D eigenvalue weighted by molar-refractivity contribution is 6.32. The van der Waals surface area contributed by atoms with E-state index in [4.69, 9.17) is 16.7 Å². The Bertz CT molecular complexity index is 1250. The monoisotopic (exact) mass is 500 g/mol. The van der Waals surface area contributed by atoms with Crippen molar-refractivity contribution < 1.29 is 23.5 Å². The molecule has 8 heteroatoms. The summed E-state index contributed by atoms with van der Waals surface area (Å²) < 4.78 is 29.9. The summed E-state index contributed by atoms with van der Waals surface area (Å²) in [5.41, 5.74) is 3.69. The van der Waals surface area contributed by atoms with E-state index >= 15 is 0 Å². The van der Waals surface area contributed by atoms with Crippen LogP contribution in [0.15, 0.2) is 48.5 Å². The molecule has 0 aliphatic carbocycles. The third-order valence-corrected chi connectivity index (χ3v) is 6.65. The van der Waals surface area contributed by atoms with Gasteiger partial charge < -0.3 is 14.9 Å². The van der Waals surface area contributed by atoms with Gasteiger partial charge in [-0.3, -0.25) is 4.79 Å². The zero-order chi connectivity index (χ0) is 26.0. The molecule has 184 valence electrons. The number of rotatable bonds is 7. The number of aliphatic carboxylic acids is 1. The van der Waals surface area contributed by atoms with Gasteiger partial charge in [0.15, 0.2) is 0 Å². The molecule has 0 bridgehead atoms. The number of anilines is 2. The summed E-state index contributed by atoms with van der Waals surface area (Å²) >= 11 is 6.32. The molecule has 0 spiro atoms. The molecule has 1 N–H and O–H groups in total. The number of benzene rings is 3. The van der Waals surface area contributed by atoms with E-state index in [9.17, 15) is 18.4 Å². The van der Waals surface area contributed by atoms with Crippen molar-refractivity contribution in [3.8, 4) is 11.1 Å². The van der Waals surface area contributed by atoms with Gasteiger partial charge in [0.2, 0.25) is 0 Å². The van der Waals surface area contributed by atoms with E-state index in [2.05, 4.69) is 4.90 Å². The summed E-state index contributed by atoms with van der Waals surface area (Å²) in [7, 11) is 1.19. The van der Waals surface area contributed by atoms with Crippen LogP contribution in [0.4, 0.5) is 20.2 Å². The number of nitrogens with zero attached hydrogens (tertiary/aromatic N) is 2. The van der Waals surface area contributed by atoms with Crippen molar-refractivity contribution in [2.45, 2.75) is 33.7 Å². The van der Waals surface area contributed by atoms with Gasteiger partial charge in [-0.2, -0.15) is 0 Å². The average molecular weight is 501 g/mol. The fraction of sp³-hybridized carbons (Fsp3) is 0.259. The first-order valence-corrected chi connectivity index (χ1v) is 11.5. The summed E-state index contributed by atoms with van der Waals surface area (Å²) in [5.74, 6) is -4.44. The zero-order valence-electron chi connectivity index (χ0n) is 20.2. The Morgan fingerprint density at radius 1 is 0.971 bits per heavy atom. The molecule has 0 heterocycles. The second kappa shape index (κ2) is 10.4. The predicted molar refractivity (Wildman–Crippen MR) is 135 cm³/mol. The molecule has 3 aromatic rings. The number of carbonyl (C=O) groups excluding carboxylic acids is 1. The van der Waals surface area contributed by atoms with Crippen LogP contribution in [0.2, 0.25) is 5.02 Å². The summed E-state index contributed by atoms with van der Waals surface area (Å²) in [6, 6.07) is 12.1. The van der Waals surface area contributed by atoms with E-state index in [1.54, 1.807) is 12.1 Å². The van der Waals surface area contributed by atoms with Crippen LogP contribution in [0.25, 0.3) is 11.1 Å². The van der Waals surface area contributed by atoms with E-state index in [0.717, 1.165) is 39.5 Å². The molecule has 0 radical (unpaired) electrons. The van der Waals surface area contributed by atoms with Crippen molar-refractivity contribution in [2.24, 2.45) is 0 Å². The summed E-state index contributed by atoms with van der Waals surface area (Å²) in [4.78, 5) is 26.6. The van der Waals surface area contributed by atoms with Crippen LogP contribution in [-0.4, -0.2) is 41.5 Å². The largest absolute Gasteiger partial charge is 0.480 e. The van der Waals surface area contributed by atoms with Crippen LogP contribution in [-0.2, 0) is 4.79 Å². The van der Waals surface area contributed by atoms with Gasteiger partial charge in [0.25, 0.3) is 5.91 Å². The summed E-state index contributed by atoms with van der Waals surface area (Å²) in [6.07, 6.45) is 0. The van der Waals surface area contributed by atoms with Crippen molar-refractivity contribution in [1.29, 1.82) is 0 Å². The lowest BCUT2D eigenvalue weighted by molar-refractivity contribution is -0.141. The van der Waals surface area contributed by atoms with Crippen LogP contribution >= 0.6 is 11.6 Å². The number of amides is 1. The fourth-order valence-corrected chi connectivity index (χ4v) is 4.02. The van der Waals surface area contributed by atoms with Crippen molar-refractivity contribution in [3.05, 3.63) is 81.9 Å². The predicted octanol–water partition coefficient (Wildman–Crippen LogP) is 6.61. The lowest BCUT2D eigenvalue weighted by atomic mass is 10.0. The van der Waals surface area contributed by atoms with Gasteiger partial charge in [0.05, 0.1) is 0 Å². The average Bonchev–Trinajstić information content (AvgIpc) is 2.81. The fourth-order valence-electron chi connectivity index (χ4n) is 3.91. The molecule has 1 atom stereocenters. The number of hydrogen-bond acceptors (Lipinski definition) is 3. The minimum atomic E-state index is -1.28. The molecule has 0 saturated carbocycles. The van der Waals surface area contributed by atoms with Gasteiger partial charge in [0, 0.05) is 30.0 Å².